The number of alkyl halides is 3. The molecule has 0 bridgehead atoms. The number of amides is 1. The molecule has 1 aliphatic rings. The summed E-state index contributed by atoms with van der Waals surface area (Å²) in [5, 5.41) is 5.95. The monoisotopic (exact) mass is 395 g/mol. The van der Waals surface area contributed by atoms with Crippen molar-refractivity contribution in [3.05, 3.63) is 35.9 Å². The molecule has 0 aromatic heterocycles. The van der Waals surface area contributed by atoms with Crippen LogP contribution < -0.4 is 10.6 Å². The standard InChI is InChI=1S/C14H16Cl3N3O2S/c15-14(16,17)12(18-11(21)10-4-2-1-3-5-10)19-13(23)20-6-8-22-9-7-20/h1-5,12H,6-9H2,(H,18,21)(H,19,23)/t12-/m0/s1. The molecular formula is C14H16Cl3N3O2S. The van der Waals surface area contributed by atoms with E-state index in [1.807, 2.05) is 11.0 Å². The molecular weight excluding hydrogens is 381 g/mol. The zero-order valence-corrected chi connectivity index (χ0v) is 15.2. The van der Waals surface area contributed by atoms with E-state index in [4.69, 9.17) is 51.8 Å². The number of nitrogens with one attached hydrogen (secondary N) is 2. The van der Waals surface area contributed by atoms with Crippen LogP contribution in [0.5, 0.6) is 0 Å². The maximum absolute atomic E-state index is 12.3. The van der Waals surface area contributed by atoms with Gasteiger partial charge in [-0.15, -0.1) is 0 Å². The molecule has 2 N–H and O–H groups in total. The second kappa shape index (κ2) is 8.35. The van der Waals surface area contributed by atoms with Crippen molar-refractivity contribution in [2.45, 2.75) is 9.96 Å². The number of rotatable bonds is 3. The fourth-order valence-corrected chi connectivity index (χ4v) is 2.61. The smallest absolute Gasteiger partial charge is 0.252 e. The number of hydrogen-bond acceptors (Lipinski definition) is 3. The SMILES string of the molecule is O=C(N[C@@H](NC(=S)N1CCOCC1)C(Cl)(Cl)Cl)c1ccccc1. The van der Waals surface area contributed by atoms with Crippen LogP contribution in [0.1, 0.15) is 10.4 Å². The first kappa shape index (κ1) is 18.5. The summed E-state index contributed by atoms with van der Waals surface area (Å²) in [5.74, 6) is -0.362. The minimum atomic E-state index is -1.76. The predicted molar refractivity (Wildman–Crippen MR) is 96.1 cm³/mol. The maximum Gasteiger partial charge on any atom is 0.252 e. The van der Waals surface area contributed by atoms with Crippen molar-refractivity contribution in [3.63, 3.8) is 0 Å². The van der Waals surface area contributed by atoms with Crippen LogP contribution >= 0.6 is 47.0 Å². The molecule has 0 radical (unpaired) electrons. The van der Waals surface area contributed by atoms with Crippen molar-refractivity contribution < 1.29 is 9.53 Å². The van der Waals surface area contributed by atoms with Gasteiger partial charge in [0.2, 0.25) is 3.79 Å². The van der Waals surface area contributed by atoms with Gasteiger partial charge in [-0.05, 0) is 24.4 Å². The summed E-state index contributed by atoms with van der Waals surface area (Å²) in [4.78, 5) is 14.2. The molecule has 1 amide bonds. The average molecular weight is 397 g/mol. The summed E-state index contributed by atoms with van der Waals surface area (Å²) < 4.78 is 3.50. The van der Waals surface area contributed by atoms with E-state index in [1.54, 1.807) is 24.3 Å². The number of morpholine rings is 1. The summed E-state index contributed by atoms with van der Waals surface area (Å²) in [6, 6.07) is 8.67. The van der Waals surface area contributed by atoms with Crippen molar-refractivity contribution in [1.82, 2.24) is 15.5 Å². The Morgan fingerprint density at radius 3 is 2.35 bits per heavy atom. The van der Waals surface area contributed by atoms with Crippen molar-refractivity contribution in [2.24, 2.45) is 0 Å². The van der Waals surface area contributed by atoms with E-state index < -0.39 is 9.96 Å². The largest absolute Gasteiger partial charge is 0.378 e. The van der Waals surface area contributed by atoms with Gasteiger partial charge < -0.3 is 20.3 Å². The van der Waals surface area contributed by atoms with Gasteiger partial charge in [0.25, 0.3) is 5.91 Å². The molecule has 1 heterocycles. The fourth-order valence-electron chi connectivity index (χ4n) is 1.98. The molecule has 1 atom stereocenters. The van der Waals surface area contributed by atoms with E-state index in [2.05, 4.69) is 10.6 Å². The molecule has 23 heavy (non-hydrogen) atoms. The molecule has 0 spiro atoms. The second-order valence-electron chi connectivity index (χ2n) is 4.86. The van der Waals surface area contributed by atoms with E-state index in [1.165, 1.54) is 0 Å². The normalized spacial score (nSPS) is 16.6. The molecule has 1 aromatic rings. The van der Waals surface area contributed by atoms with Gasteiger partial charge in [-0.3, -0.25) is 4.79 Å². The topological polar surface area (TPSA) is 53.6 Å². The summed E-state index contributed by atoms with van der Waals surface area (Å²) in [5.41, 5.74) is 0.464. The molecule has 1 aliphatic heterocycles. The summed E-state index contributed by atoms with van der Waals surface area (Å²) in [6.45, 7) is 2.45. The molecule has 5 nitrogen and oxygen atoms in total. The van der Waals surface area contributed by atoms with E-state index >= 15 is 0 Å². The minimum Gasteiger partial charge on any atom is -0.378 e. The first-order chi connectivity index (χ1) is 10.9. The van der Waals surface area contributed by atoms with Crippen LogP contribution in [0.2, 0.25) is 0 Å². The minimum absolute atomic E-state index is 0.362. The third-order valence-corrected chi connectivity index (χ3v) is 4.24. The predicted octanol–water partition coefficient (Wildman–Crippen LogP) is 2.32. The Morgan fingerprint density at radius 1 is 1.17 bits per heavy atom. The van der Waals surface area contributed by atoms with Crippen LogP contribution in [0.15, 0.2) is 30.3 Å². The molecule has 0 aliphatic carbocycles. The van der Waals surface area contributed by atoms with E-state index in [0.29, 0.717) is 37.0 Å². The first-order valence-electron chi connectivity index (χ1n) is 6.94. The Kier molecular flexibility index (Phi) is 6.73. The highest BCUT2D eigenvalue weighted by Crippen LogP contribution is 2.29. The molecule has 0 unspecified atom stereocenters. The molecule has 0 saturated carbocycles. The van der Waals surface area contributed by atoms with Crippen LogP contribution in [0.3, 0.4) is 0 Å². The van der Waals surface area contributed by atoms with E-state index in [-0.39, 0.29) is 5.91 Å². The number of thiocarbonyl (C=S) groups is 1. The van der Waals surface area contributed by atoms with E-state index in [9.17, 15) is 4.79 Å². The van der Waals surface area contributed by atoms with Crippen molar-refractivity contribution in [1.29, 1.82) is 0 Å². The van der Waals surface area contributed by atoms with Crippen LogP contribution in [0.25, 0.3) is 0 Å². The lowest BCUT2D eigenvalue weighted by Crippen LogP contribution is -2.59. The van der Waals surface area contributed by atoms with Gasteiger partial charge in [0, 0.05) is 18.7 Å². The highest BCUT2D eigenvalue weighted by molar-refractivity contribution is 7.80. The molecule has 1 saturated heterocycles. The van der Waals surface area contributed by atoms with Crippen molar-refractivity contribution >= 4 is 58.0 Å². The third kappa shape index (κ3) is 5.65. The summed E-state index contributed by atoms with van der Waals surface area (Å²) in [6.07, 6.45) is -0.962. The van der Waals surface area contributed by atoms with Crippen LogP contribution in [0, 0.1) is 0 Å². The zero-order chi connectivity index (χ0) is 16.9. The highest BCUT2D eigenvalue weighted by atomic mass is 35.6. The number of hydrogen-bond donors (Lipinski definition) is 2. The quantitative estimate of drug-likeness (QED) is 0.466. The summed E-state index contributed by atoms with van der Waals surface area (Å²) in [7, 11) is 0. The van der Waals surface area contributed by atoms with Gasteiger partial charge in [0.1, 0.15) is 6.17 Å². The molecule has 126 valence electrons. The second-order valence-corrected chi connectivity index (χ2v) is 7.62. The number of halogens is 3. The Balaban J connectivity index is 2.02. The maximum atomic E-state index is 12.3. The molecule has 1 fully saturated rings. The van der Waals surface area contributed by atoms with Crippen molar-refractivity contribution in [2.75, 3.05) is 26.3 Å². The van der Waals surface area contributed by atoms with Crippen LogP contribution in [0.4, 0.5) is 0 Å². The lowest BCUT2D eigenvalue weighted by atomic mass is 10.2. The number of nitrogens with zero attached hydrogens (tertiary/aromatic N) is 1. The number of ether oxygens (including phenoxy) is 1. The van der Waals surface area contributed by atoms with Gasteiger partial charge in [0.05, 0.1) is 13.2 Å². The first-order valence-corrected chi connectivity index (χ1v) is 8.48. The summed E-state index contributed by atoms with van der Waals surface area (Å²) >= 11 is 23.2. The number of carbonyl (C=O) groups is 1. The van der Waals surface area contributed by atoms with Gasteiger partial charge in [-0.1, -0.05) is 53.0 Å². The lowest BCUT2D eigenvalue weighted by molar-refractivity contribution is 0.0671. The third-order valence-electron chi connectivity index (χ3n) is 3.20. The zero-order valence-electron chi connectivity index (χ0n) is 12.1. The van der Waals surface area contributed by atoms with Crippen LogP contribution in [-0.2, 0) is 4.74 Å². The van der Waals surface area contributed by atoms with Gasteiger partial charge in [-0.25, -0.2) is 0 Å². The highest BCUT2D eigenvalue weighted by Gasteiger charge is 2.35. The molecule has 9 heteroatoms. The van der Waals surface area contributed by atoms with Gasteiger partial charge in [-0.2, -0.15) is 0 Å². The average Bonchev–Trinajstić information content (AvgIpc) is 2.54. The van der Waals surface area contributed by atoms with Crippen LogP contribution in [-0.4, -0.2) is 52.2 Å². The number of benzene rings is 1. The molecule has 2 rings (SSSR count). The fraction of sp³-hybridized carbons (Fsp3) is 0.429. The Hall–Kier alpha value is -0.790. The Morgan fingerprint density at radius 2 is 1.78 bits per heavy atom. The van der Waals surface area contributed by atoms with Gasteiger partial charge in [0.15, 0.2) is 5.11 Å². The molecule has 1 aromatic carbocycles. The van der Waals surface area contributed by atoms with Gasteiger partial charge >= 0.3 is 0 Å². The Bertz CT molecular complexity index is 548. The van der Waals surface area contributed by atoms with Crippen molar-refractivity contribution in [3.8, 4) is 0 Å². The van der Waals surface area contributed by atoms with E-state index in [0.717, 1.165) is 0 Å². The lowest BCUT2D eigenvalue weighted by Gasteiger charge is -2.34. The Labute approximate surface area is 155 Å². The number of carbonyl (C=O) groups excluding carboxylic acids is 1.